The fraction of sp³-hybridized carbons (Fsp3) is 0.533. The standard InChI is InChI=1S/C15H20N2O3.ClH/c16-12-5-1-3-10(12)7-14(18)17-8-11-4-2-6-13-15(11)20-9-19-13;/h2,4,6,10,12H,1,3,5,7-9,16H2,(H,17,18);1H/t10-,12+;/m0./s1. The number of amides is 1. The van der Waals surface area contributed by atoms with Gasteiger partial charge < -0.3 is 20.5 Å². The fourth-order valence-corrected chi connectivity index (χ4v) is 2.95. The van der Waals surface area contributed by atoms with Gasteiger partial charge in [0.05, 0.1) is 0 Å². The molecule has 1 aliphatic carbocycles. The maximum Gasteiger partial charge on any atom is 0.231 e. The number of halogens is 1. The molecule has 0 radical (unpaired) electrons. The van der Waals surface area contributed by atoms with Crippen molar-refractivity contribution in [3.8, 4) is 11.5 Å². The van der Waals surface area contributed by atoms with Gasteiger partial charge in [0.2, 0.25) is 12.7 Å². The van der Waals surface area contributed by atoms with Gasteiger partial charge in [0.1, 0.15) is 0 Å². The van der Waals surface area contributed by atoms with Crippen molar-refractivity contribution in [3.05, 3.63) is 23.8 Å². The number of fused-ring (bicyclic) bond motifs is 1. The monoisotopic (exact) mass is 312 g/mol. The summed E-state index contributed by atoms with van der Waals surface area (Å²) in [5.74, 6) is 1.87. The molecule has 116 valence electrons. The van der Waals surface area contributed by atoms with Crippen molar-refractivity contribution < 1.29 is 14.3 Å². The van der Waals surface area contributed by atoms with Crippen LogP contribution >= 0.6 is 12.4 Å². The van der Waals surface area contributed by atoms with Gasteiger partial charge in [-0.15, -0.1) is 12.4 Å². The highest BCUT2D eigenvalue weighted by atomic mass is 35.5. The topological polar surface area (TPSA) is 73.6 Å². The van der Waals surface area contributed by atoms with Crippen molar-refractivity contribution in [3.63, 3.8) is 0 Å². The molecule has 6 heteroatoms. The Morgan fingerprint density at radius 1 is 1.33 bits per heavy atom. The molecule has 1 saturated carbocycles. The minimum absolute atomic E-state index is 0. The Bertz CT molecular complexity index is 510. The van der Waals surface area contributed by atoms with Crippen molar-refractivity contribution in [2.24, 2.45) is 11.7 Å². The Morgan fingerprint density at radius 2 is 2.19 bits per heavy atom. The van der Waals surface area contributed by atoms with Crippen LogP contribution in [0.15, 0.2) is 18.2 Å². The van der Waals surface area contributed by atoms with Gasteiger partial charge in [0, 0.05) is 24.6 Å². The highest BCUT2D eigenvalue weighted by Gasteiger charge is 2.26. The van der Waals surface area contributed by atoms with Gasteiger partial charge >= 0.3 is 0 Å². The van der Waals surface area contributed by atoms with E-state index in [1.165, 1.54) is 0 Å². The molecule has 0 saturated heterocycles. The van der Waals surface area contributed by atoms with E-state index in [0.29, 0.717) is 18.9 Å². The first-order chi connectivity index (χ1) is 9.74. The molecule has 21 heavy (non-hydrogen) atoms. The number of benzene rings is 1. The molecule has 2 atom stereocenters. The average Bonchev–Trinajstić information content (AvgIpc) is 3.06. The summed E-state index contributed by atoms with van der Waals surface area (Å²) in [5.41, 5.74) is 6.94. The number of carbonyl (C=O) groups excluding carboxylic acids is 1. The van der Waals surface area contributed by atoms with E-state index in [4.69, 9.17) is 15.2 Å². The molecule has 3 rings (SSSR count). The molecule has 0 spiro atoms. The summed E-state index contributed by atoms with van der Waals surface area (Å²) in [4.78, 5) is 12.0. The van der Waals surface area contributed by atoms with E-state index in [2.05, 4.69) is 5.32 Å². The number of carbonyl (C=O) groups is 1. The van der Waals surface area contributed by atoms with Crippen LogP contribution in [0, 0.1) is 5.92 Å². The number of hydrogen-bond donors (Lipinski definition) is 2. The van der Waals surface area contributed by atoms with Crippen LogP contribution in [0.25, 0.3) is 0 Å². The lowest BCUT2D eigenvalue weighted by molar-refractivity contribution is -0.122. The lowest BCUT2D eigenvalue weighted by atomic mass is 10.00. The number of rotatable bonds is 4. The summed E-state index contributed by atoms with van der Waals surface area (Å²) < 4.78 is 10.7. The number of ether oxygens (including phenoxy) is 2. The molecule has 2 aliphatic rings. The summed E-state index contributed by atoms with van der Waals surface area (Å²) >= 11 is 0. The zero-order valence-electron chi connectivity index (χ0n) is 11.8. The smallest absolute Gasteiger partial charge is 0.231 e. The summed E-state index contributed by atoms with van der Waals surface area (Å²) in [6, 6.07) is 5.89. The molecule has 1 aromatic rings. The van der Waals surface area contributed by atoms with Crippen LogP contribution in [0.4, 0.5) is 0 Å². The van der Waals surface area contributed by atoms with Crippen molar-refractivity contribution in [2.75, 3.05) is 6.79 Å². The Hall–Kier alpha value is -1.46. The van der Waals surface area contributed by atoms with Crippen LogP contribution in [-0.4, -0.2) is 18.7 Å². The largest absolute Gasteiger partial charge is 0.454 e. The number of para-hydroxylation sites is 1. The number of nitrogens with one attached hydrogen (secondary N) is 1. The van der Waals surface area contributed by atoms with Crippen LogP contribution in [0.1, 0.15) is 31.2 Å². The molecule has 1 aliphatic heterocycles. The van der Waals surface area contributed by atoms with Crippen LogP contribution in [0.5, 0.6) is 11.5 Å². The molecule has 1 aromatic carbocycles. The van der Waals surface area contributed by atoms with Crippen LogP contribution in [0.2, 0.25) is 0 Å². The van der Waals surface area contributed by atoms with Crippen molar-refractivity contribution in [1.29, 1.82) is 0 Å². The first-order valence-corrected chi connectivity index (χ1v) is 7.14. The molecule has 0 unspecified atom stereocenters. The molecule has 3 N–H and O–H groups in total. The summed E-state index contributed by atoms with van der Waals surface area (Å²) in [6.07, 6.45) is 3.76. The van der Waals surface area contributed by atoms with Gasteiger partial charge in [0.25, 0.3) is 0 Å². The Kier molecular flexibility index (Phi) is 5.31. The maximum absolute atomic E-state index is 12.0. The molecule has 1 amide bonds. The summed E-state index contributed by atoms with van der Waals surface area (Å²) in [6.45, 7) is 0.713. The van der Waals surface area contributed by atoms with Gasteiger partial charge in [0.15, 0.2) is 11.5 Å². The molecular formula is C15H21ClN2O3. The zero-order chi connectivity index (χ0) is 13.9. The summed E-state index contributed by atoms with van der Waals surface area (Å²) in [5, 5.41) is 2.95. The van der Waals surface area contributed by atoms with Crippen molar-refractivity contribution >= 4 is 18.3 Å². The molecule has 0 bridgehead atoms. The van der Waals surface area contributed by atoms with Gasteiger partial charge in [-0.25, -0.2) is 0 Å². The molecule has 5 nitrogen and oxygen atoms in total. The van der Waals surface area contributed by atoms with Gasteiger partial charge in [-0.2, -0.15) is 0 Å². The maximum atomic E-state index is 12.0. The first-order valence-electron chi connectivity index (χ1n) is 7.14. The van der Waals surface area contributed by atoms with Crippen LogP contribution in [-0.2, 0) is 11.3 Å². The normalized spacial score (nSPS) is 22.7. The summed E-state index contributed by atoms with van der Waals surface area (Å²) in [7, 11) is 0. The van der Waals surface area contributed by atoms with E-state index in [1.54, 1.807) is 0 Å². The fourth-order valence-electron chi connectivity index (χ4n) is 2.95. The van der Waals surface area contributed by atoms with Crippen molar-refractivity contribution in [1.82, 2.24) is 5.32 Å². The lowest BCUT2D eigenvalue weighted by Crippen LogP contribution is -2.31. The van der Waals surface area contributed by atoms with E-state index >= 15 is 0 Å². The van der Waals surface area contributed by atoms with E-state index in [1.807, 2.05) is 18.2 Å². The molecule has 1 fully saturated rings. The second-order valence-electron chi connectivity index (χ2n) is 5.49. The minimum Gasteiger partial charge on any atom is -0.454 e. The first kappa shape index (κ1) is 15.9. The third-order valence-corrected chi connectivity index (χ3v) is 4.12. The van der Waals surface area contributed by atoms with Crippen LogP contribution < -0.4 is 20.5 Å². The Morgan fingerprint density at radius 3 is 2.95 bits per heavy atom. The van der Waals surface area contributed by atoms with Crippen LogP contribution in [0.3, 0.4) is 0 Å². The van der Waals surface area contributed by atoms with E-state index < -0.39 is 0 Å². The SMILES string of the molecule is Cl.N[C@@H]1CCC[C@H]1CC(=O)NCc1cccc2c1OCO2. The predicted molar refractivity (Wildman–Crippen MR) is 81.6 cm³/mol. The minimum atomic E-state index is 0. The van der Waals surface area contributed by atoms with E-state index in [0.717, 1.165) is 36.3 Å². The third kappa shape index (κ3) is 3.60. The van der Waals surface area contributed by atoms with Crippen molar-refractivity contribution in [2.45, 2.75) is 38.3 Å². The predicted octanol–water partition coefficient (Wildman–Crippen LogP) is 1.97. The van der Waals surface area contributed by atoms with E-state index in [-0.39, 0.29) is 31.1 Å². The van der Waals surface area contributed by atoms with Gasteiger partial charge in [-0.05, 0) is 24.8 Å². The second kappa shape index (κ2) is 7.00. The highest BCUT2D eigenvalue weighted by Crippen LogP contribution is 2.35. The Labute approximate surface area is 130 Å². The van der Waals surface area contributed by atoms with Gasteiger partial charge in [-0.1, -0.05) is 18.6 Å². The average molecular weight is 313 g/mol. The second-order valence-corrected chi connectivity index (χ2v) is 5.49. The molecular weight excluding hydrogens is 292 g/mol. The quantitative estimate of drug-likeness (QED) is 0.891. The lowest BCUT2D eigenvalue weighted by Gasteiger charge is -2.15. The number of hydrogen-bond acceptors (Lipinski definition) is 4. The molecule has 1 heterocycles. The van der Waals surface area contributed by atoms with E-state index in [9.17, 15) is 4.79 Å². The highest BCUT2D eigenvalue weighted by molar-refractivity contribution is 5.85. The zero-order valence-corrected chi connectivity index (χ0v) is 12.7. The number of nitrogens with two attached hydrogens (primary N) is 1. The Balaban J connectivity index is 0.00000161. The third-order valence-electron chi connectivity index (χ3n) is 4.12. The van der Waals surface area contributed by atoms with Gasteiger partial charge in [-0.3, -0.25) is 4.79 Å². The molecule has 0 aromatic heterocycles.